The van der Waals surface area contributed by atoms with Crippen LogP contribution in [0.15, 0.2) is 30.8 Å². The van der Waals surface area contributed by atoms with Crippen molar-refractivity contribution < 1.29 is 4.39 Å². The molecule has 138 valence electrons. The van der Waals surface area contributed by atoms with Crippen molar-refractivity contribution >= 4 is 28.4 Å². The molecule has 0 saturated heterocycles. The first-order chi connectivity index (χ1) is 13.0. The molecule has 0 atom stereocenters. The first-order valence-electron chi connectivity index (χ1n) is 8.66. The van der Waals surface area contributed by atoms with Crippen molar-refractivity contribution in [2.45, 2.75) is 26.8 Å². The lowest BCUT2D eigenvalue weighted by Gasteiger charge is -2.19. The van der Waals surface area contributed by atoms with Crippen molar-refractivity contribution in [2.75, 3.05) is 11.9 Å². The molecule has 0 spiro atoms. The second-order valence-electron chi connectivity index (χ2n) is 5.89. The van der Waals surface area contributed by atoms with Crippen LogP contribution in [0.25, 0.3) is 17.3 Å². The molecule has 1 aromatic carbocycles. The summed E-state index contributed by atoms with van der Waals surface area (Å²) in [5.41, 5.74) is 2.23. The van der Waals surface area contributed by atoms with E-state index in [-0.39, 0.29) is 5.82 Å². The third-order valence-corrected chi connectivity index (χ3v) is 5.35. The molecule has 0 amide bonds. The molecule has 0 aliphatic rings. The fourth-order valence-electron chi connectivity index (χ4n) is 3.01. The van der Waals surface area contributed by atoms with Gasteiger partial charge in [0.2, 0.25) is 0 Å². The first-order valence-corrected chi connectivity index (χ1v) is 9.48. The van der Waals surface area contributed by atoms with Crippen LogP contribution >= 0.6 is 11.3 Å². The van der Waals surface area contributed by atoms with Crippen LogP contribution in [0, 0.1) is 17.1 Å². The topological polar surface area (TPSA) is 57.7 Å². The van der Waals surface area contributed by atoms with Crippen LogP contribution in [0.2, 0.25) is 0 Å². The Morgan fingerprint density at radius 3 is 2.56 bits per heavy atom. The number of rotatable bonds is 6. The van der Waals surface area contributed by atoms with Crippen molar-refractivity contribution in [3.63, 3.8) is 0 Å². The normalized spacial score (nSPS) is 10.6. The summed E-state index contributed by atoms with van der Waals surface area (Å²) in [5, 5.41) is 10.2. The summed E-state index contributed by atoms with van der Waals surface area (Å²) in [5.74, 6) is 1.44. The second-order valence-corrected chi connectivity index (χ2v) is 6.87. The molecule has 5 nitrogen and oxygen atoms in total. The van der Waals surface area contributed by atoms with Gasteiger partial charge < -0.3 is 9.47 Å². The third kappa shape index (κ3) is 3.36. The summed E-state index contributed by atoms with van der Waals surface area (Å²) in [6.07, 6.45) is 2.52. The highest BCUT2D eigenvalue weighted by Gasteiger charge is 2.22. The summed E-state index contributed by atoms with van der Waals surface area (Å²) < 4.78 is 15.3. The Hall–Kier alpha value is -2.98. The lowest BCUT2D eigenvalue weighted by atomic mass is 10.1. The SMILES string of the molecule is C=Cc1nc(CC)c(N(C)c2nc(-c3ccc(F)cc3)c(C#N)s2)n1CC. The zero-order chi connectivity index (χ0) is 19.6. The predicted octanol–water partition coefficient (Wildman–Crippen LogP) is 5.01. The van der Waals surface area contributed by atoms with Gasteiger partial charge in [-0.05, 0) is 43.7 Å². The lowest BCUT2D eigenvalue weighted by molar-refractivity contribution is 0.628. The lowest BCUT2D eigenvalue weighted by Crippen LogP contribution is -2.16. The molecule has 0 bridgehead atoms. The molecule has 0 unspecified atom stereocenters. The van der Waals surface area contributed by atoms with Gasteiger partial charge >= 0.3 is 0 Å². The minimum absolute atomic E-state index is 0.318. The van der Waals surface area contributed by atoms with E-state index in [2.05, 4.69) is 41.0 Å². The number of benzene rings is 1. The maximum atomic E-state index is 13.2. The number of aromatic nitrogens is 3. The Balaban J connectivity index is 2.10. The van der Waals surface area contributed by atoms with Gasteiger partial charge in [0.15, 0.2) is 5.13 Å². The van der Waals surface area contributed by atoms with Gasteiger partial charge in [-0.15, -0.1) is 0 Å². The highest BCUT2D eigenvalue weighted by atomic mass is 32.1. The maximum absolute atomic E-state index is 13.2. The van der Waals surface area contributed by atoms with Crippen LogP contribution < -0.4 is 4.90 Å². The molecule has 7 heteroatoms. The van der Waals surface area contributed by atoms with Gasteiger partial charge in [-0.1, -0.05) is 24.8 Å². The zero-order valence-electron chi connectivity index (χ0n) is 15.5. The molecule has 2 aromatic heterocycles. The van der Waals surface area contributed by atoms with Crippen LogP contribution in [0.3, 0.4) is 0 Å². The molecular weight excluding hydrogens is 361 g/mol. The van der Waals surface area contributed by atoms with Crippen molar-refractivity contribution in [2.24, 2.45) is 0 Å². The molecule has 0 N–H and O–H groups in total. The standard InChI is InChI=1S/C20H20FN5S/c1-5-15-19(26(7-3)17(6-2)23-15)25(4)20-24-18(16(12-22)27-20)13-8-10-14(21)11-9-13/h6,8-11H,2,5,7H2,1,3-4H3. The Kier molecular flexibility index (Phi) is 5.38. The number of hydrogen-bond acceptors (Lipinski definition) is 5. The average molecular weight is 381 g/mol. The molecule has 0 aliphatic heterocycles. The highest BCUT2D eigenvalue weighted by Crippen LogP contribution is 2.36. The predicted molar refractivity (Wildman–Crippen MR) is 108 cm³/mol. The smallest absolute Gasteiger partial charge is 0.192 e. The average Bonchev–Trinajstić information content (AvgIpc) is 3.28. The number of thiazole rings is 1. The molecule has 27 heavy (non-hydrogen) atoms. The van der Waals surface area contributed by atoms with Gasteiger partial charge in [0.1, 0.15) is 34.1 Å². The number of nitriles is 1. The Bertz CT molecular complexity index is 1010. The van der Waals surface area contributed by atoms with Crippen molar-refractivity contribution in [3.05, 3.63) is 53.1 Å². The van der Waals surface area contributed by atoms with E-state index in [1.165, 1.54) is 23.5 Å². The minimum Gasteiger partial charge on any atom is -0.311 e. The molecular formula is C20H20FN5S. The summed E-state index contributed by atoms with van der Waals surface area (Å²) in [7, 11) is 1.92. The molecule has 0 radical (unpaired) electrons. The Labute approximate surface area is 162 Å². The molecule has 0 aliphatic carbocycles. The number of aryl methyl sites for hydroxylation is 1. The van der Waals surface area contributed by atoms with Gasteiger partial charge in [-0.2, -0.15) is 5.26 Å². The summed E-state index contributed by atoms with van der Waals surface area (Å²) >= 11 is 1.31. The van der Waals surface area contributed by atoms with Crippen molar-refractivity contribution in [1.82, 2.24) is 14.5 Å². The van der Waals surface area contributed by atoms with E-state index in [1.807, 2.05) is 11.9 Å². The van der Waals surface area contributed by atoms with Gasteiger partial charge in [-0.3, -0.25) is 0 Å². The molecule has 3 rings (SSSR count). The van der Waals surface area contributed by atoms with Crippen molar-refractivity contribution in [1.29, 1.82) is 5.26 Å². The molecule has 2 heterocycles. The van der Waals surface area contributed by atoms with E-state index in [4.69, 9.17) is 0 Å². The van der Waals surface area contributed by atoms with E-state index in [0.717, 1.165) is 35.9 Å². The monoisotopic (exact) mass is 381 g/mol. The summed E-state index contributed by atoms with van der Waals surface area (Å²) in [6, 6.07) is 8.22. The molecule has 0 fully saturated rings. The largest absolute Gasteiger partial charge is 0.311 e. The first kappa shape index (κ1) is 18.8. The van der Waals surface area contributed by atoms with Gasteiger partial charge in [-0.25, -0.2) is 14.4 Å². The fourth-order valence-corrected chi connectivity index (χ4v) is 3.86. The van der Waals surface area contributed by atoms with Crippen LogP contribution in [0.5, 0.6) is 0 Å². The van der Waals surface area contributed by atoms with Gasteiger partial charge in [0.25, 0.3) is 0 Å². The number of halogens is 1. The summed E-state index contributed by atoms with van der Waals surface area (Å²) in [4.78, 5) is 11.8. The van der Waals surface area contributed by atoms with Crippen LogP contribution in [0.1, 0.15) is 30.2 Å². The highest BCUT2D eigenvalue weighted by molar-refractivity contribution is 7.16. The number of anilines is 2. The van der Waals surface area contributed by atoms with Gasteiger partial charge in [0.05, 0.1) is 5.69 Å². The van der Waals surface area contributed by atoms with Gasteiger partial charge in [0, 0.05) is 19.2 Å². The van der Waals surface area contributed by atoms with Crippen molar-refractivity contribution in [3.8, 4) is 17.3 Å². The van der Waals surface area contributed by atoms with E-state index >= 15 is 0 Å². The quantitative estimate of drug-likeness (QED) is 0.602. The van der Waals surface area contributed by atoms with E-state index in [0.29, 0.717) is 15.7 Å². The van der Waals surface area contributed by atoms with Crippen LogP contribution in [-0.2, 0) is 13.0 Å². The Morgan fingerprint density at radius 2 is 2.00 bits per heavy atom. The molecule has 3 aromatic rings. The Morgan fingerprint density at radius 1 is 1.30 bits per heavy atom. The number of nitrogens with zero attached hydrogens (tertiary/aromatic N) is 5. The zero-order valence-corrected chi connectivity index (χ0v) is 16.3. The fraction of sp³-hybridized carbons (Fsp3) is 0.250. The third-order valence-electron chi connectivity index (χ3n) is 4.31. The van der Waals surface area contributed by atoms with Crippen LogP contribution in [-0.4, -0.2) is 21.6 Å². The van der Waals surface area contributed by atoms with Crippen LogP contribution in [0.4, 0.5) is 15.3 Å². The van der Waals surface area contributed by atoms with E-state index in [9.17, 15) is 9.65 Å². The molecule has 0 saturated carbocycles. The maximum Gasteiger partial charge on any atom is 0.192 e. The minimum atomic E-state index is -0.318. The number of imidazole rings is 1. The van der Waals surface area contributed by atoms with E-state index < -0.39 is 0 Å². The van der Waals surface area contributed by atoms with E-state index in [1.54, 1.807) is 18.2 Å². The second kappa shape index (κ2) is 7.72. The summed E-state index contributed by atoms with van der Waals surface area (Å²) in [6.45, 7) is 8.70. The number of hydrogen-bond donors (Lipinski definition) is 0.